The topological polar surface area (TPSA) is 18.5 Å². The van der Waals surface area contributed by atoms with Crippen molar-refractivity contribution in [2.45, 2.75) is 13.8 Å². The van der Waals surface area contributed by atoms with Crippen LogP contribution in [0.3, 0.4) is 0 Å². The third-order valence-electron chi connectivity index (χ3n) is 2.30. The summed E-state index contributed by atoms with van der Waals surface area (Å²) in [5, 5.41) is 4.09. The second-order valence-electron chi connectivity index (χ2n) is 3.50. The van der Waals surface area contributed by atoms with E-state index in [1.165, 1.54) is 0 Å². The summed E-state index contributed by atoms with van der Waals surface area (Å²) in [6.45, 7) is 5.39. The maximum atomic E-state index is 5.56. The lowest BCUT2D eigenvalue weighted by molar-refractivity contribution is 0.340. The predicted molar refractivity (Wildman–Crippen MR) is 79.9 cm³/mol. The first-order valence-electron chi connectivity index (χ1n) is 5.93. The zero-order chi connectivity index (χ0) is 12.8. The molecule has 0 fully saturated rings. The Balaban J connectivity index is 2.14. The van der Waals surface area contributed by atoms with Gasteiger partial charge in [0.2, 0.25) is 0 Å². The Labute approximate surface area is 115 Å². The van der Waals surface area contributed by atoms with Crippen LogP contribution in [-0.2, 0) is 0 Å². The average molecular weight is 280 g/mol. The molecule has 96 valence electrons. The zero-order valence-corrected chi connectivity index (χ0v) is 12.1. The van der Waals surface area contributed by atoms with E-state index in [2.05, 4.69) is 12.2 Å². The van der Waals surface area contributed by atoms with Crippen LogP contribution in [0.15, 0.2) is 22.9 Å². The molecule has 0 aliphatic rings. The van der Waals surface area contributed by atoms with E-state index in [0.29, 0.717) is 13.2 Å². The molecule has 0 unspecified atom stereocenters. The van der Waals surface area contributed by atoms with Gasteiger partial charge in [-0.25, -0.2) is 0 Å². The highest BCUT2D eigenvalue weighted by molar-refractivity contribution is 7.12. The fraction of sp³-hybridized carbons (Fsp3) is 0.286. The van der Waals surface area contributed by atoms with Gasteiger partial charge in [0.15, 0.2) is 0 Å². The summed E-state index contributed by atoms with van der Waals surface area (Å²) in [6, 6.07) is 4.01. The molecule has 18 heavy (non-hydrogen) atoms. The summed E-state index contributed by atoms with van der Waals surface area (Å²) in [5.41, 5.74) is 0. The molecule has 0 aromatic carbocycles. The first-order valence-corrected chi connectivity index (χ1v) is 7.69. The molecule has 0 aliphatic carbocycles. The maximum absolute atomic E-state index is 5.56. The first kappa shape index (κ1) is 13.2. The highest BCUT2D eigenvalue weighted by atomic mass is 32.1. The quantitative estimate of drug-likeness (QED) is 0.758. The van der Waals surface area contributed by atoms with Gasteiger partial charge in [0.25, 0.3) is 0 Å². The number of ether oxygens (including phenoxy) is 2. The van der Waals surface area contributed by atoms with Crippen LogP contribution in [0.25, 0.3) is 12.2 Å². The molecule has 0 amide bonds. The molecule has 0 spiro atoms. The van der Waals surface area contributed by atoms with E-state index in [-0.39, 0.29) is 0 Å². The van der Waals surface area contributed by atoms with Crippen LogP contribution < -0.4 is 9.47 Å². The molecule has 2 aromatic heterocycles. The van der Waals surface area contributed by atoms with Crippen molar-refractivity contribution in [2.75, 3.05) is 13.2 Å². The van der Waals surface area contributed by atoms with Crippen molar-refractivity contribution in [3.05, 3.63) is 32.6 Å². The summed E-state index contributed by atoms with van der Waals surface area (Å²) in [7, 11) is 0. The summed E-state index contributed by atoms with van der Waals surface area (Å²) in [5.74, 6) is 1.90. The minimum atomic E-state index is 0.695. The summed E-state index contributed by atoms with van der Waals surface area (Å²) in [6.07, 6.45) is 4.17. The molecule has 4 heteroatoms. The summed E-state index contributed by atoms with van der Waals surface area (Å²) in [4.78, 5) is 2.29. The Kier molecular flexibility index (Phi) is 4.84. The van der Waals surface area contributed by atoms with Crippen molar-refractivity contribution in [2.24, 2.45) is 0 Å². The van der Waals surface area contributed by atoms with Crippen molar-refractivity contribution in [3.8, 4) is 11.5 Å². The molecule has 2 rings (SSSR count). The van der Waals surface area contributed by atoms with Crippen LogP contribution in [-0.4, -0.2) is 13.2 Å². The van der Waals surface area contributed by atoms with Gasteiger partial charge in [-0.2, -0.15) is 0 Å². The smallest absolute Gasteiger partial charge is 0.137 e. The Morgan fingerprint density at radius 1 is 0.889 bits per heavy atom. The van der Waals surface area contributed by atoms with Crippen LogP contribution in [0.4, 0.5) is 0 Å². The maximum Gasteiger partial charge on any atom is 0.137 e. The highest BCUT2D eigenvalue weighted by Gasteiger charge is 2.04. The molecule has 0 aliphatic heterocycles. The zero-order valence-electron chi connectivity index (χ0n) is 10.5. The lowest BCUT2D eigenvalue weighted by Crippen LogP contribution is -1.91. The Morgan fingerprint density at radius 2 is 1.33 bits per heavy atom. The minimum Gasteiger partial charge on any atom is -0.492 e. The molecule has 0 N–H and O–H groups in total. The van der Waals surface area contributed by atoms with Gasteiger partial charge in [-0.15, -0.1) is 22.7 Å². The molecule has 0 atom stereocenters. The van der Waals surface area contributed by atoms with Gasteiger partial charge in [0.05, 0.1) is 23.0 Å². The normalized spacial score (nSPS) is 11.0. The van der Waals surface area contributed by atoms with E-state index >= 15 is 0 Å². The molecular formula is C14H16O2S2. The van der Waals surface area contributed by atoms with Crippen LogP contribution in [0.1, 0.15) is 23.6 Å². The molecule has 2 heterocycles. The lowest BCUT2D eigenvalue weighted by Gasteiger charge is -2.02. The van der Waals surface area contributed by atoms with E-state index in [1.54, 1.807) is 22.7 Å². The largest absolute Gasteiger partial charge is 0.492 e. The Bertz CT molecular complexity index is 465. The molecule has 2 aromatic rings. The van der Waals surface area contributed by atoms with Crippen LogP contribution in [0.5, 0.6) is 11.5 Å². The Morgan fingerprint density at radius 3 is 1.72 bits per heavy atom. The van der Waals surface area contributed by atoms with E-state index in [1.807, 2.05) is 36.7 Å². The third-order valence-corrected chi connectivity index (χ3v) is 4.03. The number of hydrogen-bond acceptors (Lipinski definition) is 4. The van der Waals surface area contributed by atoms with E-state index < -0.39 is 0 Å². The fourth-order valence-electron chi connectivity index (χ4n) is 1.56. The number of hydrogen-bond donors (Lipinski definition) is 0. The Hall–Kier alpha value is -1.26. The first-order chi connectivity index (χ1) is 8.85. The number of rotatable bonds is 6. The van der Waals surface area contributed by atoms with Crippen LogP contribution in [0.2, 0.25) is 0 Å². The second kappa shape index (κ2) is 6.61. The fourth-order valence-corrected chi connectivity index (χ4v) is 3.02. The van der Waals surface area contributed by atoms with Crippen LogP contribution in [0, 0.1) is 0 Å². The van der Waals surface area contributed by atoms with E-state index in [9.17, 15) is 0 Å². The minimum absolute atomic E-state index is 0.695. The third kappa shape index (κ3) is 3.15. The van der Waals surface area contributed by atoms with E-state index in [4.69, 9.17) is 9.47 Å². The molecule has 0 radical (unpaired) electrons. The monoisotopic (exact) mass is 280 g/mol. The van der Waals surface area contributed by atoms with Gasteiger partial charge in [-0.1, -0.05) is 0 Å². The van der Waals surface area contributed by atoms with Gasteiger partial charge in [0, 0.05) is 0 Å². The molecule has 0 bridgehead atoms. The molecule has 0 saturated carbocycles. The lowest BCUT2D eigenvalue weighted by atomic mass is 10.3. The van der Waals surface area contributed by atoms with Gasteiger partial charge >= 0.3 is 0 Å². The molecule has 0 saturated heterocycles. The van der Waals surface area contributed by atoms with Crippen molar-refractivity contribution < 1.29 is 9.47 Å². The van der Waals surface area contributed by atoms with Gasteiger partial charge in [0.1, 0.15) is 11.5 Å². The highest BCUT2D eigenvalue weighted by Crippen LogP contribution is 2.30. The van der Waals surface area contributed by atoms with Gasteiger partial charge < -0.3 is 9.47 Å². The summed E-state index contributed by atoms with van der Waals surface area (Å²) >= 11 is 3.37. The average Bonchev–Trinajstić information content (AvgIpc) is 2.97. The van der Waals surface area contributed by atoms with Crippen molar-refractivity contribution in [1.82, 2.24) is 0 Å². The van der Waals surface area contributed by atoms with Crippen molar-refractivity contribution >= 4 is 34.8 Å². The SMILES string of the molecule is CCOc1ccsc1C=Cc1sccc1OCC. The van der Waals surface area contributed by atoms with Gasteiger partial charge in [-0.05, 0) is 48.9 Å². The standard InChI is InChI=1S/C14H16O2S2/c1-3-15-11-7-9-17-13(11)5-6-14-12(16-4-2)8-10-18-14/h5-10H,3-4H2,1-2H3. The van der Waals surface area contributed by atoms with Crippen molar-refractivity contribution in [1.29, 1.82) is 0 Å². The second-order valence-corrected chi connectivity index (χ2v) is 5.39. The summed E-state index contributed by atoms with van der Waals surface area (Å²) < 4.78 is 11.1. The predicted octanol–water partition coefficient (Wildman–Crippen LogP) is 4.78. The molecular weight excluding hydrogens is 264 g/mol. The van der Waals surface area contributed by atoms with Crippen LogP contribution >= 0.6 is 22.7 Å². The number of thiophene rings is 2. The van der Waals surface area contributed by atoms with E-state index in [0.717, 1.165) is 21.3 Å². The van der Waals surface area contributed by atoms with Crippen molar-refractivity contribution in [3.63, 3.8) is 0 Å². The van der Waals surface area contributed by atoms with Gasteiger partial charge in [-0.3, -0.25) is 0 Å². The molecule has 2 nitrogen and oxygen atoms in total.